The third-order valence-electron chi connectivity index (χ3n) is 9.47. The average molecular weight is 528 g/mol. The van der Waals surface area contributed by atoms with Gasteiger partial charge in [-0.25, -0.2) is 0 Å². The van der Waals surface area contributed by atoms with E-state index in [2.05, 4.69) is 13.8 Å². The molecule has 1 spiro atoms. The number of aliphatic hydroxyl groups is 1. The SMILES string of the molecule is CCCN1CC=C[C@@]2(C)O[C@]34C=CCN(C5CCCCC5)C(=O)C3N([C@@H](CO)CC(C)C)C(=O)[C@@H]4[C@H]2C1=O. The highest BCUT2D eigenvalue weighted by atomic mass is 16.5. The normalized spacial score (nSPS) is 36.4. The number of hydrogen-bond acceptors (Lipinski definition) is 5. The van der Waals surface area contributed by atoms with Crippen molar-refractivity contribution in [2.45, 2.75) is 102 Å². The fourth-order valence-electron chi connectivity index (χ4n) is 7.93. The standard InChI is InChI=1S/C30H45N3O5/c1-5-15-31-16-9-13-29(4)23(26(31)35)24-27(36)33(22(19-34)18-20(2)3)25-28(37)32(21-11-7-6-8-12-21)17-10-14-30(24,25)38-29/h9-10,13-14,20-25,34H,5-8,11-12,15-19H2,1-4H3/t22-,23+,24+,25?,29-,30+/m1/s1. The number of likely N-dealkylation sites (tertiary alicyclic amines) is 1. The van der Waals surface area contributed by atoms with E-state index in [9.17, 15) is 19.5 Å². The van der Waals surface area contributed by atoms with Crippen molar-refractivity contribution < 1.29 is 24.2 Å². The Kier molecular flexibility index (Phi) is 7.50. The second-order valence-corrected chi connectivity index (χ2v) is 12.6. The molecular weight excluding hydrogens is 482 g/mol. The first kappa shape index (κ1) is 27.4. The summed E-state index contributed by atoms with van der Waals surface area (Å²) in [5.41, 5.74) is -2.25. The first-order valence-corrected chi connectivity index (χ1v) is 14.8. The largest absolute Gasteiger partial charge is 0.394 e. The molecule has 3 amide bonds. The smallest absolute Gasteiger partial charge is 0.249 e. The molecule has 5 aliphatic rings. The average Bonchev–Trinajstić information content (AvgIpc) is 3.16. The van der Waals surface area contributed by atoms with Crippen molar-refractivity contribution in [3.8, 4) is 0 Å². The Morgan fingerprint density at radius 2 is 1.71 bits per heavy atom. The third kappa shape index (κ3) is 4.23. The molecule has 8 nitrogen and oxygen atoms in total. The molecule has 1 N–H and O–H groups in total. The summed E-state index contributed by atoms with van der Waals surface area (Å²) in [7, 11) is 0. The van der Waals surface area contributed by atoms with E-state index in [-0.39, 0.29) is 36.3 Å². The van der Waals surface area contributed by atoms with Gasteiger partial charge < -0.3 is 24.5 Å². The lowest BCUT2D eigenvalue weighted by Crippen LogP contribution is -2.60. The molecule has 0 aromatic rings. The van der Waals surface area contributed by atoms with Crippen LogP contribution in [0.3, 0.4) is 0 Å². The number of ether oxygens (including phenoxy) is 1. The summed E-state index contributed by atoms with van der Waals surface area (Å²) in [5, 5.41) is 10.5. The topological polar surface area (TPSA) is 90.4 Å². The van der Waals surface area contributed by atoms with E-state index in [1.165, 1.54) is 6.42 Å². The van der Waals surface area contributed by atoms with Gasteiger partial charge in [0.15, 0.2) is 0 Å². The van der Waals surface area contributed by atoms with Gasteiger partial charge in [-0.2, -0.15) is 0 Å². The minimum Gasteiger partial charge on any atom is -0.394 e. The van der Waals surface area contributed by atoms with E-state index < -0.39 is 35.1 Å². The Bertz CT molecular complexity index is 1000. The van der Waals surface area contributed by atoms with Crippen LogP contribution in [0.4, 0.5) is 0 Å². The molecular formula is C30H45N3O5. The molecule has 210 valence electrons. The van der Waals surface area contributed by atoms with Gasteiger partial charge in [0.25, 0.3) is 0 Å². The molecule has 2 saturated heterocycles. The zero-order valence-electron chi connectivity index (χ0n) is 23.5. The number of hydrogen-bond donors (Lipinski definition) is 1. The van der Waals surface area contributed by atoms with Gasteiger partial charge in [-0.05, 0) is 38.5 Å². The predicted molar refractivity (Wildman–Crippen MR) is 144 cm³/mol. The summed E-state index contributed by atoms with van der Waals surface area (Å²) in [4.78, 5) is 48.5. The Morgan fingerprint density at radius 3 is 2.37 bits per heavy atom. The molecule has 0 aromatic carbocycles. The maximum absolute atomic E-state index is 14.6. The number of carbonyl (C=O) groups excluding carboxylic acids is 3. The Balaban J connectivity index is 1.63. The minimum atomic E-state index is -1.25. The highest BCUT2D eigenvalue weighted by Crippen LogP contribution is 2.58. The summed E-state index contributed by atoms with van der Waals surface area (Å²) in [6.45, 7) is 9.37. The zero-order chi connectivity index (χ0) is 27.2. The van der Waals surface area contributed by atoms with E-state index >= 15 is 0 Å². The highest BCUT2D eigenvalue weighted by Gasteiger charge is 2.75. The van der Waals surface area contributed by atoms with Crippen LogP contribution in [0.5, 0.6) is 0 Å². The summed E-state index contributed by atoms with van der Waals surface area (Å²) < 4.78 is 6.92. The lowest BCUT2D eigenvalue weighted by Gasteiger charge is -2.42. The molecule has 8 heteroatoms. The Labute approximate surface area is 227 Å². The number of fused-ring (bicyclic) bond motifs is 2. The van der Waals surface area contributed by atoms with Gasteiger partial charge in [0.1, 0.15) is 11.6 Å². The maximum atomic E-state index is 14.6. The fourth-order valence-corrected chi connectivity index (χ4v) is 7.93. The quantitative estimate of drug-likeness (QED) is 0.514. The van der Waals surface area contributed by atoms with Crippen molar-refractivity contribution in [2.24, 2.45) is 17.8 Å². The van der Waals surface area contributed by atoms with Crippen LogP contribution < -0.4 is 0 Å². The van der Waals surface area contributed by atoms with Crippen LogP contribution in [-0.2, 0) is 19.1 Å². The van der Waals surface area contributed by atoms with E-state index in [4.69, 9.17) is 4.74 Å². The molecule has 1 unspecified atom stereocenters. The molecule has 6 atom stereocenters. The van der Waals surface area contributed by atoms with Crippen molar-refractivity contribution in [1.82, 2.24) is 14.7 Å². The Morgan fingerprint density at radius 1 is 1.00 bits per heavy atom. The first-order chi connectivity index (χ1) is 18.2. The lowest BCUT2D eigenvalue weighted by atomic mass is 9.74. The zero-order valence-corrected chi connectivity index (χ0v) is 23.5. The van der Waals surface area contributed by atoms with Crippen LogP contribution in [0.2, 0.25) is 0 Å². The monoisotopic (exact) mass is 527 g/mol. The predicted octanol–water partition coefficient (Wildman–Crippen LogP) is 2.90. The number of rotatable bonds is 7. The molecule has 38 heavy (non-hydrogen) atoms. The van der Waals surface area contributed by atoms with Gasteiger partial charge in [0.2, 0.25) is 17.7 Å². The summed E-state index contributed by atoms with van der Waals surface area (Å²) in [6.07, 6.45) is 14.5. The van der Waals surface area contributed by atoms with E-state index in [1.807, 2.05) is 48.0 Å². The summed E-state index contributed by atoms with van der Waals surface area (Å²) in [6, 6.07) is -1.29. The van der Waals surface area contributed by atoms with Gasteiger partial charge in [-0.3, -0.25) is 14.4 Å². The molecule has 0 radical (unpaired) electrons. The van der Waals surface area contributed by atoms with Crippen molar-refractivity contribution in [2.75, 3.05) is 26.2 Å². The van der Waals surface area contributed by atoms with Crippen LogP contribution in [0, 0.1) is 17.8 Å². The molecule has 5 rings (SSSR count). The molecule has 0 bridgehead atoms. The van der Waals surface area contributed by atoms with Gasteiger partial charge in [-0.15, -0.1) is 0 Å². The van der Waals surface area contributed by atoms with Gasteiger partial charge in [-0.1, -0.05) is 64.3 Å². The Hall–Kier alpha value is -2.19. The molecule has 3 fully saturated rings. The second kappa shape index (κ2) is 10.4. The number of carbonyl (C=O) groups is 3. The minimum absolute atomic E-state index is 0.0891. The van der Waals surface area contributed by atoms with Gasteiger partial charge >= 0.3 is 0 Å². The number of nitrogens with zero attached hydrogens (tertiary/aromatic N) is 3. The highest BCUT2D eigenvalue weighted by molar-refractivity contribution is 6.00. The van der Waals surface area contributed by atoms with Crippen molar-refractivity contribution in [1.29, 1.82) is 0 Å². The van der Waals surface area contributed by atoms with Crippen LogP contribution in [0.1, 0.15) is 72.6 Å². The molecule has 1 saturated carbocycles. The second-order valence-electron chi connectivity index (χ2n) is 12.6. The van der Waals surface area contributed by atoms with Crippen LogP contribution >= 0.6 is 0 Å². The molecule has 4 aliphatic heterocycles. The molecule has 1 aliphatic carbocycles. The summed E-state index contributed by atoms with van der Waals surface area (Å²) >= 11 is 0. The van der Waals surface area contributed by atoms with Crippen LogP contribution in [-0.4, -0.2) is 93.1 Å². The van der Waals surface area contributed by atoms with Crippen LogP contribution in [0.15, 0.2) is 24.3 Å². The van der Waals surface area contributed by atoms with Crippen molar-refractivity contribution >= 4 is 17.7 Å². The third-order valence-corrected chi connectivity index (χ3v) is 9.47. The fraction of sp³-hybridized carbons (Fsp3) is 0.767. The van der Waals surface area contributed by atoms with Crippen molar-refractivity contribution in [3.63, 3.8) is 0 Å². The van der Waals surface area contributed by atoms with Gasteiger partial charge in [0, 0.05) is 25.7 Å². The van der Waals surface area contributed by atoms with E-state index in [0.717, 1.165) is 32.1 Å². The van der Waals surface area contributed by atoms with Crippen LogP contribution in [0.25, 0.3) is 0 Å². The molecule has 0 aromatic heterocycles. The van der Waals surface area contributed by atoms with E-state index in [0.29, 0.717) is 26.1 Å². The maximum Gasteiger partial charge on any atom is 0.249 e. The number of aliphatic hydroxyl groups excluding tert-OH is 1. The summed E-state index contributed by atoms with van der Waals surface area (Å²) in [5.74, 6) is -1.77. The first-order valence-electron chi connectivity index (χ1n) is 14.8. The lowest BCUT2D eigenvalue weighted by molar-refractivity contribution is -0.157. The van der Waals surface area contributed by atoms with Gasteiger partial charge in [0.05, 0.1) is 30.1 Å². The number of amides is 3. The van der Waals surface area contributed by atoms with Crippen molar-refractivity contribution in [3.05, 3.63) is 24.3 Å². The van der Waals surface area contributed by atoms with E-state index in [1.54, 1.807) is 4.90 Å². The molecule has 4 heterocycles.